The average Bonchev–Trinajstić information content (AvgIpc) is 2.51. The standard InChI is InChI=1S/C17H12O4/c1-21-16-8-10(18)6-7-12(16)14-9-15(19)11-4-2-3-5-13(11)17(14)20/h2-9,18H,1H3. The van der Waals surface area contributed by atoms with Gasteiger partial charge in [0.2, 0.25) is 0 Å². The zero-order valence-electron chi connectivity index (χ0n) is 11.3. The van der Waals surface area contributed by atoms with Crippen LogP contribution in [0.25, 0.3) is 5.57 Å². The van der Waals surface area contributed by atoms with Crippen molar-refractivity contribution in [3.05, 3.63) is 65.2 Å². The molecule has 0 radical (unpaired) electrons. The fourth-order valence-electron chi connectivity index (χ4n) is 2.42. The van der Waals surface area contributed by atoms with Crippen LogP contribution in [0.5, 0.6) is 11.5 Å². The predicted octanol–water partition coefficient (Wildman–Crippen LogP) is 2.86. The van der Waals surface area contributed by atoms with Gasteiger partial charge in [-0.25, -0.2) is 0 Å². The highest BCUT2D eigenvalue weighted by molar-refractivity contribution is 6.39. The molecule has 0 bridgehead atoms. The Morgan fingerprint density at radius 1 is 0.952 bits per heavy atom. The normalized spacial score (nSPS) is 13.7. The van der Waals surface area contributed by atoms with Crippen molar-refractivity contribution in [3.8, 4) is 11.5 Å². The minimum Gasteiger partial charge on any atom is -0.508 e. The van der Waals surface area contributed by atoms with Crippen molar-refractivity contribution in [3.63, 3.8) is 0 Å². The van der Waals surface area contributed by atoms with Gasteiger partial charge in [-0.2, -0.15) is 0 Å². The molecule has 1 aliphatic rings. The van der Waals surface area contributed by atoms with Gasteiger partial charge in [-0.15, -0.1) is 0 Å². The lowest BCUT2D eigenvalue weighted by atomic mass is 9.86. The second-order valence-corrected chi connectivity index (χ2v) is 4.68. The Morgan fingerprint density at radius 2 is 1.67 bits per heavy atom. The van der Waals surface area contributed by atoms with E-state index in [1.54, 1.807) is 30.3 Å². The second kappa shape index (κ2) is 4.90. The predicted molar refractivity (Wildman–Crippen MR) is 77.7 cm³/mol. The fourth-order valence-corrected chi connectivity index (χ4v) is 2.42. The van der Waals surface area contributed by atoms with E-state index in [-0.39, 0.29) is 22.9 Å². The second-order valence-electron chi connectivity index (χ2n) is 4.68. The minimum atomic E-state index is -0.228. The van der Waals surface area contributed by atoms with E-state index >= 15 is 0 Å². The number of Topliss-reactive ketones (excluding diaryl/α,β-unsaturated/α-hetero) is 1. The van der Waals surface area contributed by atoms with Crippen molar-refractivity contribution >= 4 is 17.1 Å². The number of aromatic hydroxyl groups is 1. The van der Waals surface area contributed by atoms with Crippen LogP contribution in [0.3, 0.4) is 0 Å². The summed E-state index contributed by atoms with van der Waals surface area (Å²) in [6.07, 6.45) is 1.32. The molecule has 0 heterocycles. The molecule has 3 rings (SSSR count). The molecule has 1 aliphatic carbocycles. The van der Waals surface area contributed by atoms with E-state index in [2.05, 4.69) is 0 Å². The Morgan fingerprint density at radius 3 is 2.38 bits per heavy atom. The van der Waals surface area contributed by atoms with Gasteiger partial charge >= 0.3 is 0 Å². The summed E-state index contributed by atoms with van der Waals surface area (Å²) in [5.74, 6) is -0.0579. The topological polar surface area (TPSA) is 63.6 Å². The van der Waals surface area contributed by atoms with E-state index in [1.807, 2.05) is 0 Å². The van der Waals surface area contributed by atoms with Crippen LogP contribution in [0, 0.1) is 0 Å². The Hall–Kier alpha value is -2.88. The molecule has 104 valence electrons. The summed E-state index contributed by atoms with van der Waals surface area (Å²) in [7, 11) is 1.45. The molecule has 4 heteroatoms. The minimum absolute atomic E-state index is 0.0335. The van der Waals surface area contributed by atoms with Gasteiger partial charge < -0.3 is 9.84 Å². The highest BCUT2D eigenvalue weighted by atomic mass is 16.5. The summed E-state index contributed by atoms with van der Waals surface area (Å²) in [4.78, 5) is 24.7. The summed E-state index contributed by atoms with van der Waals surface area (Å²) in [6.45, 7) is 0. The van der Waals surface area contributed by atoms with Gasteiger partial charge in [-0.05, 0) is 18.2 Å². The molecule has 0 fully saturated rings. The number of carbonyl (C=O) groups is 2. The Bertz CT molecular complexity index is 787. The van der Waals surface area contributed by atoms with Gasteiger partial charge in [0.1, 0.15) is 11.5 Å². The maximum Gasteiger partial charge on any atom is 0.194 e. The molecule has 0 saturated carbocycles. The monoisotopic (exact) mass is 280 g/mol. The third-order valence-corrected chi connectivity index (χ3v) is 3.43. The van der Waals surface area contributed by atoms with E-state index in [0.29, 0.717) is 22.4 Å². The smallest absolute Gasteiger partial charge is 0.194 e. The summed E-state index contributed by atoms with van der Waals surface area (Å²) in [6, 6.07) is 11.2. The van der Waals surface area contributed by atoms with Crippen molar-refractivity contribution in [1.29, 1.82) is 0 Å². The third-order valence-electron chi connectivity index (χ3n) is 3.43. The number of phenolic OH excluding ortho intramolecular Hbond substituents is 1. The van der Waals surface area contributed by atoms with Crippen molar-refractivity contribution in [1.82, 2.24) is 0 Å². The SMILES string of the molecule is COc1cc(O)ccc1C1=CC(=O)c2ccccc2C1=O. The lowest BCUT2D eigenvalue weighted by molar-refractivity contribution is 0.100. The molecule has 0 atom stereocenters. The molecule has 0 saturated heterocycles. The number of hydrogen-bond acceptors (Lipinski definition) is 4. The summed E-state index contributed by atoms with van der Waals surface area (Å²) in [5.41, 5.74) is 1.55. The molecule has 0 aliphatic heterocycles. The molecule has 0 spiro atoms. The first-order valence-corrected chi connectivity index (χ1v) is 6.39. The van der Waals surface area contributed by atoms with Crippen LogP contribution < -0.4 is 4.74 Å². The summed E-state index contributed by atoms with van der Waals surface area (Å²) >= 11 is 0. The van der Waals surface area contributed by atoms with Crippen molar-refractivity contribution in [2.45, 2.75) is 0 Å². The van der Waals surface area contributed by atoms with E-state index in [1.165, 1.54) is 25.3 Å². The molecule has 4 nitrogen and oxygen atoms in total. The zero-order valence-corrected chi connectivity index (χ0v) is 11.3. The number of benzene rings is 2. The zero-order chi connectivity index (χ0) is 15.0. The number of fused-ring (bicyclic) bond motifs is 1. The number of carbonyl (C=O) groups excluding carboxylic acids is 2. The molecule has 21 heavy (non-hydrogen) atoms. The van der Waals surface area contributed by atoms with Crippen LogP contribution in [0.15, 0.2) is 48.5 Å². The first-order chi connectivity index (χ1) is 10.1. The molecule has 0 aromatic heterocycles. The number of methoxy groups -OCH3 is 1. The first kappa shape index (κ1) is 13.1. The molecular formula is C17H12O4. The van der Waals surface area contributed by atoms with Crippen molar-refractivity contribution < 1.29 is 19.4 Å². The molecule has 1 N–H and O–H groups in total. The third kappa shape index (κ3) is 2.10. The van der Waals surface area contributed by atoms with Crippen molar-refractivity contribution in [2.75, 3.05) is 7.11 Å². The lowest BCUT2D eigenvalue weighted by Crippen LogP contribution is -2.16. The number of ether oxygens (including phenoxy) is 1. The average molecular weight is 280 g/mol. The van der Waals surface area contributed by atoms with Crippen LogP contribution in [0.2, 0.25) is 0 Å². The van der Waals surface area contributed by atoms with Crippen LogP contribution in [-0.4, -0.2) is 23.8 Å². The molecule has 0 unspecified atom stereocenters. The first-order valence-electron chi connectivity index (χ1n) is 6.39. The number of rotatable bonds is 2. The Kier molecular flexibility index (Phi) is 3.06. The number of phenols is 1. The van der Waals surface area contributed by atoms with E-state index in [9.17, 15) is 14.7 Å². The maximum absolute atomic E-state index is 12.6. The summed E-state index contributed by atoms with van der Waals surface area (Å²) < 4.78 is 5.19. The van der Waals surface area contributed by atoms with E-state index < -0.39 is 0 Å². The molecule has 2 aromatic carbocycles. The van der Waals surface area contributed by atoms with Gasteiger partial charge in [0.05, 0.1) is 7.11 Å². The van der Waals surface area contributed by atoms with E-state index in [0.717, 1.165) is 0 Å². The number of hydrogen-bond donors (Lipinski definition) is 1. The fraction of sp³-hybridized carbons (Fsp3) is 0.0588. The van der Waals surface area contributed by atoms with Crippen LogP contribution in [0.1, 0.15) is 26.3 Å². The Balaban J connectivity index is 2.17. The maximum atomic E-state index is 12.6. The molecule has 0 amide bonds. The van der Waals surface area contributed by atoms with Gasteiger partial charge in [0.15, 0.2) is 11.6 Å². The Labute approximate surface area is 121 Å². The highest BCUT2D eigenvalue weighted by Gasteiger charge is 2.27. The van der Waals surface area contributed by atoms with Gasteiger partial charge in [-0.1, -0.05) is 24.3 Å². The van der Waals surface area contributed by atoms with Gasteiger partial charge in [0.25, 0.3) is 0 Å². The molecule has 2 aromatic rings. The van der Waals surface area contributed by atoms with Crippen LogP contribution in [0.4, 0.5) is 0 Å². The number of allylic oxidation sites excluding steroid dienone is 2. The molecular weight excluding hydrogens is 268 g/mol. The van der Waals surface area contributed by atoms with Crippen LogP contribution >= 0.6 is 0 Å². The van der Waals surface area contributed by atoms with Gasteiger partial charge in [0, 0.05) is 28.3 Å². The summed E-state index contributed by atoms with van der Waals surface area (Å²) in [5, 5.41) is 9.49. The quantitative estimate of drug-likeness (QED) is 0.918. The van der Waals surface area contributed by atoms with Gasteiger partial charge in [-0.3, -0.25) is 9.59 Å². The number of ketones is 2. The largest absolute Gasteiger partial charge is 0.508 e. The van der Waals surface area contributed by atoms with Crippen LogP contribution in [-0.2, 0) is 0 Å². The lowest BCUT2D eigenvalue weighted by Gasteiger charge is -2.17. The highest BCUT2D eigenvalue weighted by Crippen LogP contribution is 2.34. The van der Waals surface area contributed by atoms with Crippen molar-refractivity contribution in [2.24, 2.45) is 0 Å². The van der Waals surface area contributed by atoms with E-state index in [4.69, 9.17) is 4.74 Å².